The van der Waals surface area contributed by atoms with Crippen molar-refractivity contribution in [3.63, 3.8) is 0 Å². The molecule has 0 bridgehead atoms. The van der Waals surface area contributed by atoms with E-state index in [-0.39, 0.29) is 0 Å². The number of aromatic nitrogens is 3. The molecule has 0 unspecified atom stereocenters. The summed E-state index contributed by atoms with van der Waals surface area (Å²) in [4.78, 5) is 9.40. The Labute approximate surface area is 120 Å². The lowest BCUT2D eigenvalue weighted by atomic mass is 9.81. The van der Waals surface area contributed by atoms with Crippen LogP contribution in [0.4, 0.5) is 0 Å². The first kappa shape index (κ1) is 13.6. The van der Waals surface area contributed by atoms with Gasteiger partial charge in [-0.3, -0.25) is 0 Å². The highest BCUT2D eigenvalue weighted by molar-refractivity contribution is 5.71. The van der Waals surface area contributed by atoms with E-state index in [0.29, 0.717) is 11.8 Å². The van der Waals surface area contributed by atoms with Crippen LogP contribution in [0.3, 0.4) is 0 Å². The number of hydrogen-bond acceptors (Lipinski definition) is 3. The average Bonchev–Trinajstić information content (AvgIpc) is 2.87. The largest absolute Gasteiger partial charge is 0.330 e. The second-order valence-electron chi connectivity index (χ2n) is 5.92. The van der Waals surface area contributed by atoms with E-state index >= 15 is 0 Å². The third-order valence-corrected chi connectivity index (χ3v) is 4.53. The molecule has 0 aliphatic heterocycles. The van der Waals surface area contributed by atoms with Gasteiger partial charge >= 0.3 is 0 Å². The van der Waals surface area contributed by atoms with Crippen molar-refractivity contribution in [2.24, 2.45) is 11.7 Å². The fourth-order valence-corrected chi connectivity index (χ4v) is 3.39. The van der Waals surface area contributed by atoms with Crippen LogP contribution in [0.5, 0.6) is 0 Å². The lowest BCUT2D eigenvalue weighted by molar-refractivity contribution is 0.320. The molecule has 2 N–H and O–H groups in total. The summed E-state index contributed by atoms with van der Waals surface area (Å²) in [6.07, 6.45) is 7.90. The average molecular weight is 272 g/mol. The number of pyridine rings is 1. The van der Waals surface area contributed by atoms with Gasteiger partial charge in [0.15, 0.2) is 5.65 Å². The Bertz CT molecular complexity index is 567. The third-order valence-electron chi connectivity index (χ3n) is 4.53. The van der Waals surface area contributed by atoms with Crippen molar-refractivity contribution in [2.45, 2.75) is 51.5 Å². The van der Waals surface area contributed by atoms with Gasteiger partial charge in [-0.15, -0.1) is 0 Å². The molecule has 2 aromatic heterocycles. The minimum atomic E-state index is 0.582. The van der Waals surface area contributed by atoms with Crippen LogP contribution in [-0.2, 0) is 6.54 Å². The fourth-order valence-electron chi connectivity index (χ4n) is 3.39. The first-order valence-electron chi connectivity index (χ1n) is 7.84. The summed E-state index contributed by atoms with van der Waals surface area (Å²) in [7, 11) is 0. The summed E-state index contributed by atoms with van der Waals surface area (Å²) in [5, 5.41) is 0. The molecule has 2 heterocycles. The third kappa shape index (κ3) is 2.44. The Morgan fingerprint density at radius 1 is 1.30 bits per heavy atom. The lowest BCUT2D eigenvalue weighted by Crippen LogP contribution is -2.22. The molecule has 20 heavy (non-hydrogen) atoms. The van der Waals surface area contributed by atoms with Gasteiger partial charge in [-0.2, -0.15) is 0 Å². The van der Waals surface area contributed by atoms with Gasteiger partial charge in [0.1, 0.15) is 11.3 Å². The molecule has 108 valence electrons. The molecule has 0 spiro atoms. The number of rotatable bonds is 4. The van der Waals surface area contributed by atoms with E-state index in [1.54, 1.807) is 0 Å². The predicted molar refractivity (Wildman–Crippen MR) is 81.6 cm³/mol. The van der Waals surface area contributed by atoms with Gasteiger partial charge in [0.2, 0.25) is 0 Å². The monoisotopic (exact) mass is 272 g/mol. The van der Waals surface area contributed by atoms with Crippen LogP contribution in [0.2, 0.25) is 0 Å². The van der Waals surface area contributed by atoms with E-state index in [2.05, 4.69) is 22.5 Å². The Morgan fingerprint density at radius 2 is 2.10 bits per heavy atom. The van der Waals surface area contributed by atoms with Crippen molar-refractivity contribution in [1.29, 1.82) is 0 Å². The minimum absolute atomic E-state index is 0.582. The summed E-state index contributed by atoms with van der Waals surface area (Å²) >= 11 is 0. The Hall–Kier alpha value is -1.42. The zero-order valence-corrected chi connectivity index (χ0v) is 12.3. The number of nitrogens with zero attached hydrogens (tertiary/aromatic N) is 3. The molecule has 0 atom stereocenters. The highest BCUT2D eigenvalue weighted by Gasteiger charge is 2.26. The SMILES string of the molecule is CCCn1c(C2CCC(CN)CC2)nc2cccnc21. The summed E-state index contributed by atoms with van der Waals surface area (Å²) in [5.74, 6) is 2.54. The van der Waals surface area contributed by atoms with Crippen molar-refractivity contribution in [3.8, 4) is 0 Å². The van der Waals surface area contributed by atoms with Gasteiger partial charge in [-0.1, -0.05) is 6.92 Å². The van der Waals surface area contributed by atoms with Crippen molar-refractivity contribution < 1.29 is 0 Å². The van der Waals surface area contributed by atoms with Crippen LogP contribution < -0.4 is 5.73 Å². The van der Waals surface area contributed by atoms with Gasteiger partial charge in [0.05, 0.1) is 0 Å². The standard InChI is InChI=1S/C16H24N4/c1-2-10-20-15(13-7-5-12(11-17)6-8-13)19-14-4-3-9-18-16(14)20/h3-4,9,12-13H,2,5-8,10-11,17H2,1H3. The molecule has 4 heteroatoms. The van der Waals surface area contributed by atoms with Gasteiger partial charge < -0.3 is 10.3 Å². The molecule has 4 nitrogen and oxygen atoms in total. The summed E-state index contributed by atoms with van der Waals surface area (Å²) in [6.45, 7) is 4.06. The number of nitrogens with two attached hydrogens (primary N) is 1. The molecule has 1 aliphatic carbocycles. The fraction of sp³-hybridized carbons (Fsp3) is 0.625. The predicted octanol–water partition coefficient (Wildman–Crippen LogP) is 3.07. The number of hydrogen-bond donors (Lipinski definition) is 1. The Balaban J connectivity index is 1.92. The second kappa shape index (κ2) is 5.92. The molecule has 0 radical (unpaired) electrons. The smallest absolute Gasteiger partial charge is 0.159 e. The van der Waals surface area contributed by atoms with Crippen LogP contribution in [0.15, 0.2) is 18.3 Å². The highest BCUT2D eigenvalue weighted by Crippen LogP contribution is 2.36. The normalized spacial score (nSPS) is 23.3. The van der Waals surface area contributed by atoms with Crippen LogP contribution in [0, 0.1) is 5.92 Å². The molecule has 0 aromatic carbocycles. The first-order valence-corrected chi connectivity index (χ1v) is 7.84. The molecule has 2 aromatic rings. The van der Waals surface area contributed by atoms with Crippen LogP contribution in [0.25, 0.3) is 11.2 Å². The van der Waals surface area contributed by atoms with Crippen molar-refractivity contribution >= 4 is 11.2 Å². The van der Waals surface area contributed by atoms with Crippen LogP contribution in [-0.4, -0.2) is 21.1 Å². The summed E-state index contributed by atoms with van der Waals surface area (Å²) in [6, 6.07) is 4.05. The summed E-state index contributed by atoms with van der Waals surface area (Å²) in [5.41, 5.74) is 7.88. The van der Waals surface area contributed by atoms with E-state index in [1.807, 2.05) is 12.3 Å². The maximum absolute atomic E-state index is 5.80. The summed E-state index contributed by atoms with van der Waals surface area (Å²) < 4.78 is 2.34. The number of imidazole rings is 1. The Kier molecular flexibility index (Phi) is 4.01. The number of aryl methyl sites for hydroxylation is 1. The molecule has 1 aliphatic rings. The van der Waals surface area contributed by atoms with Gasteiger partial charge in [-0.05, 0) is 56.7 Å². The molecule has 1 saturated carbocycles. The Morgan fingerprint density at radius 3 is 2.80 bits per heavy atom. The molecular weight excluding hydrogens is 248 g/mol. The zero-order chi connectivity index (χ0) is 13.9. The lowest BCUT2D eigenvalue weighted by Gasteiger charge is -2.27. The van der Waals surface area contributed by atoms with Gasteiger partial charge in [0.25, 0.3) is 0 Å². The highest BCUT2D eigenvalue weighted by atomic mass is 15.1. The van der Waals surface area contributed by atoms with Crippen molar-refractivity contribution in [2.75, 3.05) is 6.54 Å². The van der Waals surface area contributed by atoms with Gasteiger partial charge in [-0.25, -0.2) is 9.97 Å². The van der Waals surface area contributed by atoms with E-state index in [4.69, 9.17) is 10.7 Å². The molecular formula is C16H24N4. The second-order valence-corrected chi connectivity index (χ2v) is 5.92. The van der Waals surface area contributed by atoms with Gasteiger partial charge in [0, 0.05) is 18.7 Å². The van der Waals surface area contributed by atoms with Crippen LogP contribution >= 0.6 is 0 Å². The first-order chi connectivity index (χ1) is 9.83. The van der Waals surface area contributed by atoms with Crippen LogP contribution in [0.1, 0.15) is 50.8 Å². The zero-order valence-electron chi connectivity index (χ0n) is 12.3. The van der Waals surface area contributed by atoms with E-state index in [9.17, 15) is 0 Å². The van der Waals surface area contributed by atoms with Crippen molar-refractivity contribution in [1.82, 2.24) is 14.5 Å². The maximum atomic E-state index is 5.80. The maximum Gasteiger partial charge on any atom is 0.159 e. The molecule has 0 amide bonds. The molecule has 0 saturated heterocycles. The topological polar surface area (TPSA) is 56.7 Å². The minimum Gasteiger partial charge on any atom is -0.330 e. The van der Waals surface area contributed by atoms with E-state index in [0.717, 1.165) is 30.7 Å². The molecule has 3 rings (SSSR count). The van der Waals surface area contributed by atoms with E-state index < -0.39 is 0 Å². The van der Waals surface area contributed by atoms with E-state index in [1.165, 1.54) is 31.5 Å². The quantitative estimate of drug-likeness (QED) is 0.930. The van der Waals surface area contributed by atoms with Crippen molar-refractivity contribution in [3.05, 3.63) is 24.2 Å². The molecule has 1 fully saturated rings. The number of fused-ring (bicyclic) bond motifs is 1.